The highest BCUT2D eigenvalue weighted by Crippen LogP contribution is 2.35. The van der Waals surface area contributed by atoms with Gasteiger partial charge in [0.05, 0.1) is 12.7 Å². The molecule has 0 aliphatic heterocycles. The van der Waals surface area contributed by atoms with Crippen LogP contribution in [0, 0.1) is 0 Å². The van der Waals surface area contributed by atoms with Crippen LogP contribution >= 0.6 is 0 Å². The van der Waals surface area contributed by atoms with Gasteiger partial charge >= 0.3 is 6.18 Å². The van der Waals surface area contributed by atoms with Crippen LogP contribution in [0.2, 0.25) is 0 Å². The van der Waals surface area contributed by atoms with E-state index in [1.807, 2.05) is 24.3 Å². The monoisotopic (exact) mass is 347 g/mol. The summed E-state index contributed by atoms with van der Waals surface area (Å²) in [7, 11) is 1.64. The number of benzene rings is 2. The Bertz CT molecular complexity index is 763. The summed E-state index contributed by atoms with van der Waals surface area (Å²) in [5.41, 5.74) is 3.71. The van der Waals surface area contributed by atoms with Gasteiger partial charge in [-0.15, -0.1) is 0 Å². The van der Waals surface area contributed by atoms with Crippen molar-refractivity contribution in [1.29, 1.82) is 0 Å². The molecule has 25 heavy (non-hydrogen) atoms. The van der Waals surface area contributed by atoms with Gasteiger partial charge in [-0.3, -0.25) is 0 Å². The largest absolute Gasteiger partial charge is 0.497 e. The third-order valence-electron chi connectivity index (χ3n) is 4.43. The molecule has 1 N–H and O–H groups in total. The van der Waals surface area contributed by atoms with E-state index >= 15 is 0 Å². The van der Waals surface area contributed by atoms with Crippen LogP contribution in [-0.2, 0) is 12.6 Å². The van der Waals surface area contributed by atoms with Crippen LogP contribution in [0.5, 0.6) is 5.75 Å². The summed E-state index contributed by atoms with van der Waals surface area (Å²) in [5.74, 6) is 0.822. The third-order valence-corrected chi connectivity index (χ3v) is 4.43. The van der Waals surface area contributed by atoms with Crippen LogP contribution in [-0.4, -0.2) is 13.7 Å². The fraction of sp³-hybridized carbons (Fsp3) is 0.300. The quantitative estimate of drug-likeness (QED) is 0.789. The molecule has 0 atom stereocenters. The Balaban J connectivity index is 1.60. The molecular weight excluding hydrogens is 327 g/mol. The number of hydrogen-bond donors (Lipinski definition) is 1. The van der Waals surface area contributed by atoms with Crippen molar-refractivity contribution >= 4 is 5.57 Å². The Morgan fingerprint density at radius 1 is 1.04 bits per heavy atom. The molecule has 0 fully saturated rings. The Morgan fingerprint density at radius 2 is 1.80 bits per heavy atom. The zero-order valence-corrected chi connectivity index (χ0v) is 14.0. The summed E-state index contributed by atoms with van der Waals surface area (Å²) in [6.07, 6.45) is -1.74. The van der Waals surface area contributed by atoms with E-state index in [1.54, 1.807) is 13.2 Å². The first-order chi connectivity index (χ1) is 12.0. The van der Waals surface area contributed by atoms with E-state index < -0.39 is 11.7 Å². The second-order valence-electron chi connectivity index (χ2n) is 6.06. The molecule has 1 aliphatic rings. The Hall–Kier alpha value is -2.43. The lowest BCUT2D eigenvalue weighted by molar-refractivity contribution is -0.137. The summed E-state index contributed by atoms with van der Waals surface area (Å²) >= 11 is 0. The van der Waals surface area contributed by atoms with Crippen molar-refractivity contribution in [2.24, 2.45) is 0 Å². The normalized spacial score (nSPS) is 14.2. The highest BCUT2D eigenvalue weighted by atomic mass is 19.4. The lowest BCUT2D eigenvalue weighted by Gasteiger charge is -2.26. The molecule has 0 radical (unpaired) electrons. The molecule has 0 spiro atoms. The number of methoxy groups -OCH3 is 1. The van der Waals surface area contributed by atoms with Gasteiger partial charge in [0.2, 0.25) is 0 Å². The van der Waals surface area contributed by atoms with Crippen LogP contribution in [0.3, 0.4) is 0 Å². The minimum atomic E-state index is -4.29. The molecule has 5 heteroatoms. The van der Waals surface area contributed by atoms with E-state index in [-0.39, 0.29) is 0 Å². The number of halogens is 3. The van der Waals surface area contributed by atoms with Crippen molar-refractivity contribution in [3.8, 4) is 5.75 Å². The average Bonchev–Trinajstić information content (AvgIpc) is 2.58. The van der Waals surface area contributed by atoms with E-state index in [0.29, 0.717) is 18.5 Å². The van der Waals surface area contributed by atoms with Crippen molar-refractivity contribution in [2.75, 3.05) is 13.7 Å². The fourth-order valence-corrected chi connectivity index (χ4v) is 2.94. The minimum absolute atomic E-state index is 0.559. The van der Waals surface area contributed by atoms with Gasteiger partial charge in [-0.25, -0.2) is 0 Å². The van der Waals surface area contributed by atoms with Gasteiger partial charge in [-0.1, -0.05) is 30.3 Å². The van der Waals surface area contributed by atoms with Gasteiger partial charge in [-0.2, -0.15) is 13.2 Å². The maximum Gasteiger partial charge on any atom is 0.416 e. The summed E-state index contributed by atoms with van der Waals surface area (Å²) in [6.45, 7) is 0.621. The number of alkyl halides is 3. The molecular formula is C20H20F3NO. The maximum atomic E-state index is 12.7. The predicted molar refractivity (Wildman–Crippen MR) is 92.3 cm³/mol. The molecule has 1 aliphatic carbocycles. The molecule has 0 unspecified atom stereocenters. The van der Waals surface area contributed by atoms with E-state index in [2.05, 4.69) is 5.32 Å². The van der Waals surface area contributed by atoms with Crippen LogP contribution in [0.25, 0.3) is 5.57 Å². The zero-order chi connectivity index (χ0) is 17.9. The number of hydrogen-bond acceptors (Lipinski definition) is 2. The molecule has 0 bridgehead atoms. The van der Waals surface area contributed by atoms with E-state index in [0.717, 1.165) is 30.2 Å². The van der Waals surface area contributed by atoms with Gasteiger partial charge in [-0.05, 0) is 54.2 Å². The molecule has 2 aromatic rings. The minimum Gasteiger partial charge on any atom is -0.497 e. The summed E-state index contributed by atoms with van der Waals surface area (Å²) in [4.78, 5) is 0. The molecule has 2 aromatic carbocycles. The Labute approximate surface area is 145 Å². The third kappa shape index (κ3) is 4.16. The van der Waals surface area contributed by atoms with E-state index in [4.69, 9.17) is 4.74 Å². The summed E-state index contributed by atoms with van der Waals surface area (Å²) in [6, 6.07) is 13.4. The fourth-order valence-electron chi connectivity index (χ4n) is 2.94. The number of rotatable bonds is 6. The molecule has 2 nitrogen and oxygen atoms in total. The number of allylic oxidation sites excluding steroid dienone is 2. The lowest BCUT2D eigenvalue weighted by atomic mass is 9.88. The van der Waals surface area contributed by atoms with Gasteiger partial charge in [0, 0.05) is 12.2 Å². The van der Waals surface area contributed by atoms with E-state index in [9.17, 15) is 13.2 Å². The molecule has 0 saturated carbocycles. The van der Waals surface area contributed by atoms with Gasteiger partial charge in [0.25, 0.3) is 0 Å². The number of nitrogens with one attached hydrogen (secondary N) is 1. The second-order valence-corrected chi connectivity index (χ2v) is 6.06. The first kappa shape index (κ1) is 17.4. The molecule has 3 rings (SSSR count). The van der Waals surface area contributed by atoms with Crippen LogP contribution in [0.1, 0.15) is 29.5 Å². The van der Waals surface area contributed by atoms with Gasteiger partial charge < -0.3 is 10.1 Å². The van der Waals surface area contributed by atoms with Crippen molar-refractivity contribution in [2.45, 2.75) is 25.4 Å². The van der Waals surface area contributed by atoms with Crippen LogP contribution in [0.15, 0.2) is 54.2 Å². The first-order valence-electron chi connectivity index (χ1n) is 8.24. The second kappa shape index (κ2) is 7.21. The Morgan fingerprint density at radius 3 is 2.40 bits per heavy atom. The Kier molecular flexibility index (Phi) is 5.02. The lowest BCUT2D eigenvalue weighted by Crippen LogP contribution is -2.23. The van der Waals surface area contributed by atoms with E-state index in [1.165, 1.54) is 23.4 Å². The van der Waals surface area contributed by atoms with Crippen LogP contribution < -0.4 is 10.1 Å². The molecule has 0 aromatic heterocycles. The highest BCUT2D eigenvalue weighted by Gasteiger charge is 2.30. The molecule has 132 valence electrons. The van der Waals surface area contributed by atoms with Gasteiger partial charge in [0.15, 0.2) is 0 Å². The average molecular weight is 347 g/mol. The summed E-state index contributed by atoms with van der Waals surface area (Å²) in [5, 5.41) is 3.37. The van der Waals surface area contributed by atoms with Crippen LogP contribution in [0.4, 0.5) is 13.2 Å². The predicted octanol–water partition coefficient (Wildman–Crippen LogP) is 5.05. The SMILES string of the molecule is COc1ccc(C2=C(NCCc3cccc(C(F)(F)F)c3)CC2)cc1. The first-order valence-corrected chi connectivity index (χ1v) is 8.24. The number of ether oxygens (including phenoxy) is 1. The van der Waals surface area contributed by atoms with Gasteiger partial charge in [0.1, 0.15) is 5.75 Å². The highest BCUT2D eigenvalue weighted by molar-refractivity contribution is 5.73. The van der Waals surface area contributed by atoms with Crippen molar-refractivity contribution in [1.82, 2.24) is 5.32 Å². The standard InChI is InChI=1S/C20H20F3NO/c1-25-17-7-5-15(6-8-17)18-9-10-19(18)24-12-11-14-3-2-4-16(13-14)20(21,22)23/h2-8,13,24H,9-12H2,1H3. The molecule has 0 amide bonds. The molecule has 0 saturated heterocycles. The maximum absolute atomic E-state index is 12.7. The van der Waals surface area contributed by atoms with Crippen molar-refractivity contribution < 1.29 is 17.9 Å². The summed E-state index contributed by atoms with van der Waals surface area (Å²) < 4.78 is 43.4. The van der Waals surface area contributed by atoms with Crippen molar-refractivity contribution in [3.05, 3.63) is 70.9 Å². The molecule has 0 heterocycles. The zero-order valence-electron chi connectivity index (χ0n) is 14.0. The topological polar surface area (TPSA) is 21.3 Å². The van der Waals surface area contributed by atoms with Crippen molar-refractivity contribution in [3.63, 3.8) is 0 Å². The smallest absolute Gasteiger partial charge is 0.416 e.